The Hall–Kier alpha value is -2.93. The largest absolute Gasteiger partial charge is 0.487 e. The highest BCUT2D eigenvalue weighted by atomic mass is 16.5. The van der Waals surface area contributed by atoms with Gasteiger partial charge in [0.15, 0.2) is 0 Å². The summed E-state index contributed by atoms with van der Waals surface area (Å²) >= 11 is 0. The van der Waals surface area contributed by atoms with Gasteiger partial charge in [0, 0.05) is 18.0 Å². The molecule has 0 unspecified atom stereocenters. The molecule has 1 aromatic carbocycles. The maximum atomic E-state index is 12.0. The fourth-order valence-corrected chi connectivity index (χ4v) is 2.10. The number of pyridine rings is 1. The number of hydrogen-bond acceptors (Lipinski definition) is 5. The average molecular weight is 356 g/mol. The first-order valence-electron chi connectivity index (χ1n) is 8.41. The second kappa shape index (κ2) is 9.53. The first kappa shape index (κ1) is 19.4. The minimum absolute atomic E-state index is 0.00555. The summed E-state index contributed by atoms with van der Waals surface area (Å²) in [5.41, 5.74) is 7.13. The highest BCUT2D eigenvalue weighted by Crippen LogP contribution is 2.18. The van der Waals surface area contributed by atoms with Crippen molar-refractivity contribution in [2.45, 2.75) is 26.5 Å². The lowest BCUT2D eigenvalue weighted by Gasteiger charge is -2.15. The van der Waals surface area contributed by atoms with Crippen LogP contribution < -0.4 is 21.1 Å². The number of nitrogens with zero attached hydrogens (tertiary/aromatic N) is 1. The molecule has 2 rings (SSSR count). The molecule has 0 fully saturated rings. The van der Waals surface area contributed by atoms with Crippen LogP contribution in [0.25, 0.3) is 0 Å². The van der Waals surface area contributed by atoms with Crippen LogP contribution in [0.2, 0.25) is 0 Å². The number of benzene rings is 1. The van der Waals surface area contributed by atoms with E-state index in [0.29, 0.717) is 18.0 Å². The van der Waals surface area contributed by atoms with Gasteiger partial charge in [0.1, 0.15) is 12.4 Å². The number of nitrogens with one attached hydrogen (secondary N) is 2. The number of ether oxygens (including phenoxy) is 1. The fourth-order valence-electron chi connectivity index (χ4n) is 2.10. The van der Waals surface area contributed by atoms with Gasteiger partial charge >= 0.3 is 0 Å². The van der Waals surface area contributed by atoms with E-state index in [4.69, 9.17) is 10.5 Å². The Kier molecular flexibility index (Phi) is 7.11. The van der Waals surface area contributed by atoms with Crippen LogP contribution in [0.5, 0.6) is 5.75 Å². The van der Waals surface area contributed by atoms with Crippen molar-refractivity contribution in [2.24, 2.45) is 11.7 Å². The van der Waals surface area contributed by atoms with Crippen LogP contribution in [0.1, 0.15) is 19.5 Å². The van der Waals surface area contributed by atoms with Gasteiger partial charge in [-0.3, -0.25) is 14.6 Å². The van der Waals surface area contributed by atoms with E-state index in [-0.39, 0.29) is 24.3 Å². The molecule has 0 saturated heterocycles. The highest BCUT2D eigenvalue weighted by molar-refractivity contribution is 5.95. The molecule has 1 aromatic heterocycles. The Bertz CT molecular complexity index is 735. The van der Waals surface area contributed by atoms with Crippen LogP contribution in [-0.4, -0.2) is 29.4 Å². The summed E-state index contributed by atoms with van der Waals surface area (Å²) in [4.78, 5) is 27.9. The number of anilines is 1. The van der Waals surface area contributed by atoms with Crippen molar-refractivity contribution in [1.82, 2.24) is 10.3 Å². The van der Waals surface area contributed by atoms with Crippen molar-refractivity contribution in [2.75, 3.05) is 11.9 Å². The van der Waals surface area contributed by atoms with Gasteiger partial charge in [-0.2, -0.15) is 0 Å². The first-order chi connectivity index (χ1) is 12.5. The van der Waals surface area contributed by atoms with Crippen molar-refractivity contribution in [3.05, 3.63) is 54.4 Å². The molecule has 0 bridgehead atoms. The lowest BCUT2D eigenvalue weighted by molar-refractivity contribution is -0.125. The smallest absolute Gasteiger partial charge is 0.243 e. The summed E-state index contributed by atoms with van der Waals surface area (Å²) in [7, 11) is 0. The Morgan fingerprint density at radius 3 is 2.69 bits per heavy atom. The Morgan fingerprint density at radius 2 is 2.00 bits per heavy atom. The minimum atomic E-state index is -0.633. The van der Waals surface area contributed by atoms with Gasteiger partial charge in [-0.25, -0.2) is 0 Å². The predicted octanol–water partition coefficient (Wildman–Crippen LogP) is 1.70. The molecule has 1 heterocycles. The van der Waals surface area contributed by atoms with Crippen LogP contribution in [0.3, 0.4) is 0 Å². The lowest BCUT2D eigenvalue weighted by atomic mass is 10.1. The Labute approximate surface area is 153 Å². The third-order valence-corrected chi connectivity index (χ3v) is 3.67. The Morgan fingerprint density at radius 1 is 1.19 bits per heavy atom. The number of amides is 2. The third-order valence-electron chi connectivity index (χ3n) is 3.67. The van der Waals surface area contributed by atoms with Crippen LogP contribution in [0, 0.1) is 5.92 Å². The zero-order valence-electron chi connectivity index (χ0n) is 14.9. The summed E-state index contributed by atoms with van der Waals surface area (Å²) in [5.74, 6) is -0.0657. The van der Waals surface area contributed by atoms with E-state index in [1.54, 1.807) is 30.5 Å². The van der Waals surface area contributed by atoms with Gasteiger partial charge in [-0.1, -0.05) is 26.0 Å². The fraction of sp³-hybridized carbons (Fsp3) is 0.316. The van der Waals surface area contributed by atoms with E-state index < -0.39 is 6.04 Å². The lowest BCUT2D eigenvalue weighted by Crippen LogP contribution is -2.46. The van der Waals surface area contributed by atoms with Gasteiger partial charge < -0.3 is 21.1 Å². The van der Waals surface area contributed by atoms with Crippen molar-refractivity contribution in [1.29, 1.82) is 0 Å². The van der Waals surface area contributed by atoms with E-state index in [1.165, 1.54) is 0 Å². The molecule has 0 radical (unpaired) electrons. The number of nitrogens with two attached hydrogens (primary N) is 1. The number of aromatic nitrogens is 1. The monoisotopic (exact) mass is 356 g/mol. The molecule has 26 heavy (non-hydrogen) atoms. The topological polar surface area (TPSA) is 106 Å². The average Bonchev–Trinajstić information content (AvgIpc) is 2.65. The third kappa shape index (κ3) is 6.18. The van der Waals surface area contributed by atoms with Crippen molar-refractivity contribution in [3.8, 4) is 5.75 Å². The van der Waals surface area contributed by atoms with Gasteiger partial charge in [-0.05, 0) is 30.2 Å². The highest BCUT2D eigenvalue weighted by Gasteiger charge is 2.17. The van der Waals surface area contributed by atoms with Crippen molar-refractivity contribution in [3.63, 3.8) is 0 Å². The van der Waals surface area contributed by atoms with Gasteiger partial charge in [0.2, 0.25) is 11.8 Å². The zero-order chi connectivity index (χ0) is 18.9. The zero-order valence-corrected chi connectivity index (χ0v) is 14.9. The molecule has 0 spiro atoms. The van der Waals surface area contributed by atoms with Crippen molar-refractivity contribution >= 4 is 17.5 Å². The van der Waals surface area contributed by atoms with Gasteiger partial charge in [-0.15, -0.1) is 0 Å². The number of carbonyl (C=O) groups excluding carboxylic acids is 2. The van der Waals surface area contributed by atoms with Gasteiger partial charge in [0.25, 0.3) is 0 Å². The molecular weight excluding hydrogens is 332 g/mol. The minimum Gasteiger partial charge on any atom is -0.487 e. The molecule has 2 aromatic rings. The molecule has 7 heteroatoms. The number of rotatable bonds is 8. The van der Waals surface area contributed by atoms with Crippen LogP contribution in [-0.2, 0) is 16.2 Å². The summed E-state index contributed by atoms with van der Waals surface area (Å²) in [6.07, 6.45) is 1.70. The van der Waals surface area contributed by atoms with Crippen molar-refractivity contribution < 1.29 is 14.3 Å². The van der Waals surface area contributed by atoms with E-state index >= 15 is 0 Å². The molecule has 0 saturated carbocycles. The first-order valence-corrected chi connectivity index (χ1v) is 8.41. The molecule has 0 aliphatic heterocycles. The van der Waals surface area contributed by atoms with Crippen LogP contribution >= 0.6 is 0 Å². The molecule has 2 amide bonds. The summed E-state index contributed by atoms with van der Waals surface area (Å²) < 4.78 is 5.67. The normalized spacial score (nSPS) is 11.7. The molecule has 0 aliphatic carbocycles. The maximum Gasteiger partial charge on any atom is 0.243 e. The predicted molar refractivity (Wildman–Crippen MR) is 99.5 cm³/mol. The number of hydrogen-bond donors (Lipinski definition) is 3. The molecule has 1 atom stereocenters. The molecule has 138 valence electrons. The van der Waals surface area contributed by atoms with Crippen LogP contribution in [0.15, 0.2) is 48.7 Å². The number of carbonyl (C=O) groups is 2. The second-order valence-corrected chi connectivity index (χ2v) is 6.17. The van der Waals surface area contributed by atoms with E-state index in [9.17, 15) is 9.59 Å². The summed E-state index contributed by atoms with van der Waals surface area (Å²) in [6.45, 7) is 3.89. The molecular formula is C19H24N4O3. The van der Waals surface area contributed by atoms with E-state index in [2.05, 4.69) is 15.6 Å². The Balaban J connectivity index is 1.83. The standard InChI is InChI=1S/C19H24N4O3/c1-13(2)18(20)19(25)22-11-17(24)23-14-7-5-8-16(10-14)26-12-15-6-3-4-9-21-15/h3-10,13,18H,11-12,20H2,1-2H3,(H,22,25)(H,23,24)/t18-/m0/s1. The molecule has 0 aliphatic rings. The molecule has 4 N–H and O–H groups in total. The quantitative estimate of drug-likeness (QED) is 0.667. The summed E-state index contributed by atoms with van der Waals surface area (Å²) in [6, 6.07) is 12.0. The summed E-state index contributed by atoms with van der Waals surface area (Å²) in [5, 5.41) is 5.24. The van der Waals surface area contributed by atoms with Crippen LogP contribution in [0.4, 0.5) is 5.69 Å². The van der Waals surface area contributed by atoms with E-state index in [0.717, 1.165) is 5.69 Å². The molecule has 7 nitrogen and oxygen atoms in total. The maximum absolute atomic E-state index is 12.0. The van der Waals surface area contributed by atoms with Gasteiger partial charge in [0.05, 0.1) is 18.3 Å². The van der Waals surface area contributed by atoms with E-state index in [1.807, 2.05) is 32.0 Å². The SMILES string of the molecule is CC(C)[C@H](N)C(=O)NCC(=O)Nc1cccc(OCc2ccccn2)c1. The second-order valence-electron chi connectivity index (χ2n) is 6.17.